The molecule has 2 aromatic heterocycles. The van der Waals surface area contributed by atoms with Gasteiger partial charge in [0.15, 0.2) is 7.28 Å². The molecule has 4 rings (SSSR count). The van der Waals surface area contributed by atoms with Gasteiger partial charge in [0.2, 0.25) is 0 Å². The molecule has 3 heteroatoms. The molecule has 0 aliphatic heterocycles. The van der Waals surface area contributed by atoms with Crippen molar-refractivity contribution in [2.45, 2.75) is 127 Å². The first-order valence-electron chi connectivity index (χ1n) is 13.4. The maximum absolute atomic E-state index is 4.89. The van der Waals surface area contributed by atoms with Crippen molar-refractivity contribution in [3.8, 4) is 0 Å². The number of nitrogens with zero attached hydrogens (tertiary/aromatic N) is 1. The predicted octanol–water partition coefficient (Wildman–Crippen LogP) is 7.55. The van der Waals surface area contributed by atoms with Crippen LogP contribution >= 0.6 is 0 Å². The minimum Gasteiger partial charge on any atom is -0.366 e. The van der Waals surface area contributed by atoms with E-state index in [1.807, 2.05) is 0 Å². The van der Waals surface area contributed by atoms with E-state index >= 15 is 0 Å². The van der Waals surface area contributed by atoms with Gasteiger partial charge in [0, 0.05) is 6.20 Å². The minimum atomic E-state index is 0.717. The van der Waals surface area contributed by atoms with Crippen molar-refractivity contribution in [1.82, 2.24) is 9.97 Å². The van der Waals surface area contributed by atoms with Crippen LogP contribution in [-0.4, -0.2) is 17.2 Å². The summed E-state index contributed by atoms with van der Waals surface area (Å²) in [6, 6.07) is 4.78. The summed E-state index contributed by atoms with van der Waals surface area (Å²) in [6.45, 7) is 0. The van der Waals surface area contributed by atoms with Crippen LogP contribution in [0.25, 0.3) is 11.0 Å². The van der Waals surface area contributed by atoms with Gasteiger partial charge in [0.05, 0.1) is 11.0 Å². The summed E-state index contributed by atoms with van der Waals surface area (Å²) >= 11 is 0. The highest BCUT2D eigenvalue weighted by atomic mass is 14.8. The van der Waals surface area contributed by atoms with E-state index in [0.717, 1.165) is 5.82 Å². The van der Waals surface area contributed by atoms with Gasteiger partial charge < -0.3 is 4.98 Å². The van der Waals surface area contributed by atoms with Crippen LogP contribution in [0, 0.1) is 0 Å². The Morgan fingerprint density at radius 3 is 1.80 bits per heavy atom. The number of fused-ring (bicyclic) bond motifs is 1. The van der Waals surface area contributed by atoms with Gasteiger partial charge in [-0.25, -0.2) is 0 Å². The Hall–Kier alpha value is -1.25. The summed E-state index contributed by atoms with van der Waals surface area (Å²) < 4.78 is 0. The van der Waals surface area contributed by atoms with Crippen molar-refractivity contribution in [1.29, 1.82) is 0 Å². The average molecular weight is 406 g/mol. The Morgan fingerprint density at radius 1 is 0.667 bits per heavy atom. The normalized spacial score (nSPS) is 22.0. The average Bonchev–Trinajstić information content (AvgIpc) is 3.19. The molecule has 0 unspecified atom stereocenters. The highest BCUT2D eigenvalue weighted by Gasteiger charge is 2.17. The zero-order valence-corrected chi connectivity index (χ0v) is 19.3. The largest absolute Gasteiger partial charge is 0.366 e. The number of aromatic nitrogens is 2. The molecular formula is C27H43BN2. The maximum atomic E-state index is 4.89. The van der Waals surface area contributed by atoms with Crippen LogP contribution < -0.4 is 5.59 Å². The summed E-state index contributed by atoms with van der Waals surface area (Å²) in [6.07, 6.45) is 27.8. The molecule has 0 amide bonds. The molecule has 2 heterocycles. The fourth-order valence-electron chi connectivity index (χ4n) is 5.97. The van der Waals surface area contributed by atoms with Crippen LogP contribution in [-0.2, 0) is 0 Å². The second-order valence-electron chi connectivity index (χ2n) is 10.4. The third kappa shape index (κ3) is 6.63. The third-order valence-electron chi connectivity index (χ3n) is 7.86. The number of rotatable bonds is 3. The number of hydrogen-bond donors (Lipinski definition) is 1. The number of aromatic amines is 1. The summed E-state index contributed by atoms with van der Waals surface area (Å²) in [5, 5.41) is 0. The highest BCUT2D eigenvalue weighted by molar-refractivity contribution is 6.54. The third-order valence-corrected chi connectivity index (χ3v) is 7.86. The molecule has 2 aliphatic rings. The Balaban J connectivity index is 1.41. The van der Waals surface area contributed by atoms with E-state index in [9.17, 15) is 0 Å². The quantitative estimate of drug-likeness (QED) is 0.524. The van der Waals surface area contributed by atoms with E-state index in [2.05, 4.69) is 23.3 Å². The Bertz CT molecular complexity index is 730. The van der Waals surface area contributed by atoms with Crippen molar-refractivity contribution >= 4 is 23.9 Å². The summed E-state index contributed by atoms with van der Waals surface area (Å²) in [4.78, 5) is 8.67. The van der Waals surface area contributed by atoms with Gasteiger partial charge in [-0.15, -0.1) is 0 Å². The lowest BCUT2D eigenvalue weighted by Gasteiger charge is -2.16. The topological polar surface area (TPSA) is 28.7 Å². The van der Waals surface area contributed by atoms with Crippen molar-refractivity contribution < 1.29 is 0 Å². The SMILES string of the molecule is B(c1cc2ncc(C3CCCCCCCC3)cc2[nH]1)C1CCCCCCCCCC1. The molecule has 2 nitrogen and oxygen atoms in total. The van der Waals surface area contributed by atoms with E-state index in [1.165, 1.54) is 145 Å². The molecular weight excluding hydrogens is 363 g/mol. The monoisotopic (exact) mass is 406 g/mol. The Kier molecular flexibility index (Phi) is 8.76. The van der Waals surface area contributed by atoms with Gasteiger partial charge in [0.25, 0.3) is 0 Å². The van der Waals surface area contributed by atoms with Gasteiger partial charge in [-0.2, -0.15) is 0 Å². The molecule has 2 aliphatic carbocycles. The Labute approximate surface area is 185 Å². The predicted molar refractivity (Wildman–Crippen MR) is 132 cm³/mol. The van der Waals surface area contributed by atoms with E-state index in [0.29, 0.717) is 5.92 Å². The first-order valence-corrected chi connectivity index (χ1v) is 13.4. The molecule has 0 bridgehead atoms. The van der Waals surface area contributed by atoms with Crippen molar-refractivity contribution in [2.24, 2.45) is 0 Å². The number of hydrogen-bond acceptors (Lipinski definition) is 1. The minimum absolute atomic E-state index is 0.717. The van der Waals surface area contributed by atoms with Crippen LogP contribution in [0.15, 0.2) is 18.3 Å². The molecule has 2 aromatic rings. The fourth-order valence-corrected chi connectivity index (χ4v) is 5.97. The van der Waals surface area contributed by atoms with Crippen LogP contribution in [0.5, 0.6) is 0 Å². The van der Waals surface area contributed by atoms with Crippen LogP contribution in [0.1, 0.15) is 127 Å². The van der Waals surface area contributed by atoms with E-state index < -0.39 is 0 Å². The molecule has 1 N–H and O–H groups in total. The van der Waals surface area contributed by atoms with Crippen molar-refractivity contribution in [3.05, 3.63) is 23.9 Å². The van der Waals surface area contributed by atoms with E-state index in [-0.39, 0.29) is 0 Å². The second-order valence-corrected chi connectivity index (χ2v) is 10.4. The lowest BCUT2D eigenvalue weighted by Crippen LogP contribution is -2.20. The number of pyridine rings is 1. The molecule has 164 valence electrons. The lowest BCUT2D eigenvalue weighted by atomic mass is 9.58. The first-order chi connectivity index (χ1) is 14.9. The molecule has 0 spiro atoms. The summed E-state index contributed by atoms with van der Waals surface area (Å²) in [7, 11) is 1.22. The second kappa shape index (κ2) is 12.0. The molecule has 0 aromatic carbocycles. The van der Waals surface area contributed by atoms with Gasteiger partial charge in [0.1, 0.15) is 0 Å². The summed E-state index contributed by atoms with van der Waals surface area (Å²) in [5.74, 6) is 1.57. The smallest absolute Gasteiger partial charge is 0.182 e. The van der Waals surface area contributed by atoms with Gasteiger partial charge in [-0.05, 0) is 42.0 Å². The zero-order chi connectivity index (χ0) is 20.4. The van der Waals surface area contributed by atoms with Gasteiger partial charge in [-0.3, -0.25) is 4.98 Å². The van der Waals surface area contributed by atoms with Crippen LogP contribution in [0.4, 0.5) is 0 Å². The standard InChI is InChI=1S/C27H43BN2/c1-2-4-10-14-18-24(17-13-9-3-1)28-27-20-25-26(30-27)19-23(21-29-25)22-15-11-7-5-6-8-12-16-22/h19-22,24,28,30H,1-18H2. The Morgan fingerprint density at radius 2 is 1.20 bits per heavy atom. The van der Waals surface area contributed by atoms with Crippen LogP contribution in [0.2, 0.25) is 5.82 Å². The van der Waals surface area contributed by atoms with Gasteiger partial charge in [-0.1, -0.05) is 109 Å². The molecule has 0 atom stereocenters. The van der Waals surface area contributed by atoms with E-state index in [4.69, 9.17) is 4.98 Å². The molecule has 2 fully saturated rings. The molecule has 0 radical (unpaired) electrons. The van der Waals surface area contributed by atoms with Crippen molar-refractivity contribution in [2.75, 3.05) is 0 Å². The molecule has 30 heavy (non-hydrogen) atoms. The fraction of sp³-hybridized carbons (Fsp3) is 0.741. The zero-order valence-electron chi connectivity index (χ0n) is 19.3. The summed E-state index contributed by atoms with van der Waals surface area (Å²) in [5.41, 5.74) is 5.35. The van der Waals surface area contributed by atoms with Gasteiger partial charge >= 0.3 is 0 Å². The molecule has 0 saturated heterocycles. The van der Waals surface area contributed by atoms with Crippen molar-refractivity contribution in [3.63, 3.8) is 0 Å². The lowest BCUT2D eigenvalue weighted by molar-refractivity contribution is 0.539. The van der Waals surface area contributed by atoms with Crippen LogP contribution in [0.3, 0.4) is 0 Å². The molecule has 2 saturated carbocycles. The maximum Gasteiger partial charge on any atom is 0.182 e. The number of H-pyrrole nitrogens is 1. The van der Waals surface area contributed by atoms with E-state index in [1.54, 1.807) is 0 Å². The number of nitrogens with one attached hydrogen (secondary N) is 1. The first kappa shape index (κ1) is 22.0. The highest BCUT2D eigenvalue weighted by Crippen LogP contribution is 2.31.